The third-order valence-corrected chi connectivity index (χ3v) is 8.84. The molecule has 2 aliphatic heterocycles. The Morgan fingerprint density at radius 2 is 1.94 bits per heavy atom. The van der Waals surface area contributed by atoms with Crippen molar-refractivity contribution in [3.8, 4) is 5.69 Å². The van der Waals surface area contributed by atoms with Crippen LogP contribution in [0.3, 0.4) is 0 Å². The summed E-state index contributed by atoms with van der Waals surface area (Å²) in [5, 5.41) is 0.816. The molecular formula is C22H30N4O3S2. The van der Waals surface area contributed by atoms with Gasteiger partial charge in [-0.25, -0.2) is 13.4 Å². The predicted octanol–water partition coefficient (Wildman–Crippen LogP) is 2.42. The Kier molecular flexibility index (Phi) is 6.74. The fourth-order valence-electron chi connectivity index (χ4n) is 4.39. The van der Waals surface area contributed by atoms with E-state index in [0.717, 1.165) is 23.9 Å². The normalized spacial score (nSPS) is 21.6. The Hall–Kier alpha value is -1.84. The van der Waals surface area contributed by atoms with Crippen LogP contribution in [0.1, 0.15) is 31.7 Å². The minimum Gasteiger partial charge on any atom is -0.339 e. The van der Waals surface area contributed by atoms with Crippen LogP contribution in [0.2, 0.25) is 0 Å². The van der Waals surface area contributed by atoms with Crippen molar-refractivity contribution in [3.05, 3.63) is 42.2 Å². The minimum atomic E-state index is -2.88. The Balaban J connectivity index is 1.33. The number of thioether (sulfide) groups is 1. The second-order valence-electron chi connectivity index (χ2n) is 8.56. The van der Waals surface area contributed by atoms with Gasteiger partial charge in [-0.1, -0.05) is 43.8 Å². The van der Waals surface area contributed by atoms with E-state index in [2.05, 4.69) is 40.4 Å². The number of hydrogen-bond donors (Lipinski definition) is 0. The highest BCUT2D eigenvalue weighted by atomic mass is 32.2. The number of sulfone groups is 1. The quantitative estimate of drug-likeness (QED) is 0.614. The van der Waals surface area contributed by atoms with Crippen LogP contribution in [0.4, 0.5) is 0 Å². The zero-order valence-corrected chi connectivity index (χ0v) is 19.7. The van der Waals surface area contributed by atoms with Gasteiger partial charge in [0.05, 0.1) is 22.9 Å². The van der Waals surface area contributed by atoms with E-state index in [9.17, 15) is 13.2 Å². The van der Waals surface area contributed by atoms with Crippen molar-refractivity contribution >= 4 is 27.5 Å². The van der Waals surface area contributed by atoms with E-state index in [0.29, 0.717) is 36.9 Å². The van der Waals surface area contributed by atoms with Crippen LogP contribution in [0, 0.1) is 0 Å². The lowest BCUT2D eigenvalue weighted by molar-refractivity contribution is -0.130. The summed E-state index contributed by atoms with van der Waals surface area (Å²) < 4.78 is 25.5. The number of amides is 1. The predicted molar refractivity (Wildman–Crippen MR) is 124 cm³/mol. The van der Waals surface area contributed by atoms with E-state index in [1.165, 1.54) is 17.3 Å². The smallest absolute Gasteiger partial charge is 0.233 e. The van der Waals surface area contributed by atoms with Gasteiger partial charge in [-0.05, 0) is 24.0 Å². The van der Waals surface area contributed by atoms with Crippen molar-refractivity contribution in [1.29, 1.82) is 0 Å². The number of benzene rings is 1. The molecule has 1 unspecified atom stereocenters. The number of imidazole rings is 1. The summed E-state index contributed by atoms with van der Waals surface area (Å²) in [6, 6.07) is 8.41. The molecule has 0 spiro atoms. The summed E-state index contributed by atoms with van der Waals surface area (Å²) in [7, 11) is -2.88. The van der Waals surface area contributed by atoms with Gasteiger partial charge in [0.15, 0.2) is 15.0 Å². The van der Waals surface area contributed by atoms with Gasteiger partial charge in [-0.2, -0.15) is 0 Å². The van der Waals surface area contributed by atoms with Gasteiger partial charge in [-0.15, -0.1) is 0 Å². The lowest BCUT2D eigenvalue weighted by Gasteiger charge is -2.37. The van der Waals surface area contributed by atoms with Gasteiger partial charge < -0.3 is 4.90 Å². The van der Waals surface area contributed by atoms with Gasteiger partial charge in [0.1, 0.15) is 0 Å². The molecule has 0 N–H and O–H groups in total. The minimum absolute atomic E-state index is 0.107. The van der Waals surface area contributed by atoms with E-state index >= 15 is 0 Å². The van der Waals surface area contributed by atoms with Gasteiger partial charge in [0, 0.05) is 44.6 Å². The molecule has 31 heavy (non-hydrogen) atoms. The molecule has 1 aromatic heterocycles. The monoisotopic (exact) mass is 462 g/mol. The third kappa shape index (κ3) is 5.15. The van der Waals surface area contributed by atoms with Crippen LogP contribution in [0.15, 0.2) is 41.8 Å². The summed E-state index contributed by atoms with van der Waals surface area (Å²) >= 11 is 1.46. The Labute approximate surface area is 188 Å². The molecule has 9 heteroatoms. The van der Waals surface area contributed by atoms with E-state index in [1.54, 1.807) is 6.20 Å². The molecule has 2 aromatic rings. The molecule has 0 radical (unpaired) electrons. The van der Waals surface area contributed by atoms with Gasteiger partial charge in [0.25, 0.3) is 0 Å². The fraction of sp³-hybridized carbons (Fsp3) is 0.545. The summed E-state index contributed by atoms with van der Waals surface area (Å²) in [5.74, 6) is 1.40. The molecule has 0 saturated carbocycles. The molecule has 0 bridgehead atoms. The van der Waals surface area contributed by atoms with Crippen LogP contribution in [-0.2, 0) is 14.6 Å². The molecule has 7 nitrogen and oxygen atoms in total. The highest BCUT2D eigenvalue weighted by Gasteiger charge is 2.34. The van der Waals surface area contributed by atoms with E-state index in [-0.39, 0.29) is 17.7 Å². The van der Waals surface area contributed by atoms with Crippen LogP contribution in [0.25, 0.3) is 5.69 Å². The SMILES string of the molecule is CC(C)c1ccccc1-n1ccnc1SCC(=O)N1CCN(C2CCS(=O)(=O)C2)CC1. The average Bonchev–Trinajstić information content (AvgIpc) is 3.38. The van der Waals surface area contributed by atoms with Crippen LogP contribution in [0.5, 0.6) is 0 Å². The topological polar surface area (TPSA) is 75.5 Å². The maximum Gasteiger partial charge on any atom is 0.233 e. The molecule has 1 amide bonds. The number of hydrogen-bond acceptors (Lipinski definition) is 6. The largest absolute Gasteiger partial charge is 0.339 e. The first-order chi connectivity index (χ1) is 14.8. The standard InChI is InChI=1S/C22H30N4O3S2/c1-17(2)19-5-3-4-6-20(19)26-9-8-23-22(26)30-15-21(27)25-12-10-24(11-13-25)18-7-14-31(28,29)16-18/h3-6,8-9,17-18H,7,10-16H2,1-2H3. The Morgan fingerprint density at radius 1 is 1.19 bits per heavy atom. The summed E-state index contributed by atoms with van der Waals surface area (Å²) in [6.45, 7) is 7.14. The van der Waals surface area contributed by atoms with Crippen molar-refractivity contribution in [1.82, 2.24) is 19.4 Å². The fourth-order valence-corrected chi connectivity index (χ4v) is 7.02. The first-order valence-electron chi connectivity index (χ1n) is 10.8. The van der Waals surface area contributed by atoms with Crippen molar-refractivity contribution < 1.29 is 13.2 Å². The Morgan fingerprint density at radius 3 is 2.61 bits per heavy atom. The highest BCUT2D eigenvalue weighted by Crippen LogP contribution is 2.27. The zero-order valence-electron chi connectivity index (χ0n) is 18.1. The number of aromatic nitrogens is 2. The second-order valence-corrected chi connectivity index (χ2v) is 11.7. The number of carbonyl (C=O) groups is 1. The van der Waals surface area contributed by atoms with Crippen molar-refractivity contribution in [2.75, 3.05) is 43.4 Å². The molecule has 0 aliphatic carbocycles. The van der Waals surface area contributed by atoms with E-state index < -0.39 is 9.84 Å². The number of nitrogens with zero attached hydrogens (tertiary/aromatic N) is 4. The van der Waals surface area contributed by atoms with Crippen LogP contribution >= 0.6 is 11.8 Å². The Bertz CT molecular complexity index is 1030. The molecule has 4 rings (SSSR count). The summed E-state index contributed by atoms with van der Waals surface area (Å²) in [4.78, 5) is 21.4. The van der Waals surface area contributed by atoms with Gasteiger partial charge >= 0.3 is 0 Å². The van der Waals surface area contributed by atoms with Gasteiger partial charge in [0.2, 0.25) is 5.91 Å². The molecule has 2 aliphatic rings. The maximum atomic E-state index is 12.8. The molecule has 1 atom stereocenters. The molecule has 1 aromatic carbocycles. The van der Waals surface area contributed by atoms with Crippen LogP contribution in [-0.4, -0.2) is 83.2 Å². The van der Waals surface area contributed by atoms with Gasteiger partial charge in [-0.3, -0.25) is 14.3 Å². The first kappa shape index (κ1) is 22.4. The molecule has 2 saturated heterocycles. The molecule has 2 fully saturated rings. The summed E-state index contributed by atoms with van der Waals surface area (Å²) in [6.07, 6.45) is 4.44. The van der Waals surface area contributed by atoms with Crippen molar-refractivity contribution in [2.24, 2.45) is 0 Å². The molecule has 168 valence electrons. The lowest BCUT2D eigenvalue weighted by Crippen LogP contribution is -2.52. The van der Waals surface area contributed by atoms with Crippen molar-refractivity contribution in [3.63, 3.8) is 0 Å². The number of rotatable bonds is 6. The van der Waals surface area contributed by atoms with E-state index in [4.69, 9.17) is 0 Å². The molecule has 3 heterocycles. The zero-order chi connectivity index (χ0) is 22.0. The first-order valence-corrected chi connectivity index (χ1v) is 13.6. The molecular weight excluding hydrogens is 432 g/mol. The second kappa shape index (κ2) is 9.34. The van der Waals surface area contributed by atoms with Crippen molar-refractivity contribution in [2.45, 2.75) is 37.4 Å². The third-order valence-electron chi connectivity index (χ3n) is 6.14. The number of para-hydroxylation sites is 1. The number of carbonyl (C=O) groups excluding carboxylic acids is 1. The van der Waals surface area contributed by atoms with Crippen LogP contribution < -0.4 is 0 Å². The van der Waals surface area contributed by atoms with E-state index in [1.807, 2.05) is 23.2 Å². The lowest BCUT2D eigenvalue weighted by atomic mass is 10.0. The summed E-state index contributed by atoms with van der Waals surface area (Å²) in [5.41, 5.74) is 2.35. The average molecular weight is 463 g/mol. The number of piperazine rings is 1. The maximum absolute atomic E-state index is 12.8. The highest BCUT2D eigenvalue weighted by molar-refractivity contribution is 7.99.